The highest BCUT2D eigenvalue weighted by Crippen LogP contribution is 2.21. The summed E-state index contributed by atoms with van der Waals surface area (Å²) in [5.74, 6) is -0.417. The number of thioether (sulfide) groups is 1. The highest BCUT2D eigenvalue weighted by atomic mass is 32.2. The second-order valence-electron chi connectivity index (χ2n) is 7.07. The highest BCUT2D eigenvalue weighted by Gasteiger charge is 2.15. The summed E-state index contributed by atoms with van der Waals surface area (Å²) in [4.78, 5) is 24.3. The SMILES string of the molecule is C=CCn1c(COc2ccccc2F)nnc1SCC(=O)Nc1ccc(C(=O)OCCC)cc1. The molecule has 0 spiro atoms. The quantitative estimate of drug-likeness (QED) is 0.230. The minimum atomic E-state index is -0.463. The molecule has 0 saturated carbocycles. The van der Waals surface area contributed by atoms with Gasteiger partial charge in [0.2, 0.25) is 5.91 Å². The highest BCUT2D eigenvalue weighted by molar-refractivity contribution is 7.99. The van der Waals surface area contributed by atoms with Crippen molar-refractivity contribution in [3.63, 3.8) is 0 Å². The standard InChI is InChI=1S/C24H25FN4O4S/c1-3-13-29-21(15-33-20-8-6-5-7-19(20)25)27-28-24(29)34-16-22(30)26-18-11-9-17(10-12-18)23(31)32-14-4-2/h3,5-12H,1,4,13-16H2,2H3,(H,26,30). The molecule has 0 saturated heterocycles. The van der Waals surface area contributed by atoms with E-state index in [9.17, 15) is 14.0 Å². The zero-order valence-corrected chi connectivity index (χ0v) is 19.5. The van der Waals surface area contributed by atoms with E-state index in [1.807, 2.05) is 6.92 Å². The van der Waals surface area contributed by atoms with E-state index in [1.54, 1.807) is 47.0 Å². The first kappa shape index (κ1) is 25.0. The summed E-state index contributed by atoms with van der Waals surface area (Å²) in [5.41, 5.74) is 0.979. The first-order chi connectivity index (χ1) is 16.5. The number of amides is 1. The van der Waals surface area contributed by atoms with Crippen molar-refractivity contribution in [2.45, 2.75) is 31.7 Å². The molecule has 178 valence electrons. The van der Waals surface area contributed by atoms with Gasteiger partial charge in [0.1, 0.15) is 6.61 Å². The maximum atomic E-state index is 13.8. The summed E-state index contributed by atoms with van der Waals surface area (Å²) in [6, 6.07) is 12.6. The topological polar surface area (TPSA) is 95.3 Å². The summed E-state index contributed by atoms with van der Waals surface area (Å²) in [5, 5.41) is 11.5. The van der Waals surface area contributed by atoms with Gasteiger partial charge in [-0.15, -0.1) is 16.8 Å². The van der Waals surface area contributed by atoms with Crippen LogP contribution in [0.3, 0.4) is 0 Å². The first-order valence-electron chi connectivity index (χ1n) is 10.6. The molecule has 8 nitrogen and oxygen atoms in total. The van der Waals surface area contributed by atoms with Crippen LogP contribution in [-0.4, -0.2) is 39.0 Å². The van der Waals surface area contributed by atoms with E-state index in [2.05, 4.69) is 22.1 Å². The Bertz CT molecular complexity index is 1130. The van der Waals surface area contributed by atoms with Crippen molar-refractivity contribution >= 4 is 29.3 Å². The van der Waals surface area contributed by atoms with Crippen LogP contribution in [0, 0.1) is 5.82 Å². The summed E-state index contributed by atoms with van der Waals surface area (Å²) in [7, 11) is 0. The van der Waals surface area contributed by atoms with Gasteiger partial charge in [-0.25, -0.2) is 9.18 Å². The van der Waals surface area contributed by atoms with Crippen molar-refractivity contribution in [3.05, 3.63) is 78.4 Å². The fourth-order valence-electron chi connectivity index (χ4n) is 2.84. The predicted molar refractivity (Wildman–Crippen MR) is 127 cm³/mol. The molecule has 2 aromatic carbocycles. The van der Waals surface area contributed by atoms with Crippen molar-refractivity contribution < 1.29 is 23.5 Å². The number of carbonyl (C=O) groups is 2. The lowest BCUT2D eigenvalue weighted by Gasteiger charge is -2.10. The Morgan fingerprint density at radius 1 is 1.18 bits per heavy atom. The normalized spacial score (nSPS) is 10.5. The summed E-state index contributed by atoms with van der Waals surface area (Å²) >= 11 is 1.20. The average Bonchev–Trinajstić information content (AvgIpc) is 3.23. The number of benzene rings is 2. The minimum absolute atomic E-state index is 0.0154. The molecule has 0 aliphatic heterocycles. The zero-order chi connectivity index (χ0) is 24.3. The van der Waals surface area contributed by atoms with Gasteiger partial charge in [0.15, 0.2) is 22.5 Å². The fourth-order valence-corrected chi connectivity index (χ4v) is 3.61. The van der Waals surface area contributed by atoms with Gasteiger partial charge in [-0.2, -0.15) is 0 Å². The van der Waals surface area contributed by atoms with Crippen LogP contribution in [0.5, 0.6) is 5.75 Å². The van der Waals surface area contributed by atoms with Crippen LogP contribution in [-0.2, 0) is 22.7 Å². The molecule has 34 heavy (non-hydrogen) atoms. The Morgan fingerprint density at radius 3 is 2.65 bits per heavy atom. The molecular weight excluding hydrogens is 459 g/mol. The lowest BCUT2D eigenvalue weighted by atomic mass is 10.2. The van der Waals surface area contributed by atoms with E-state index in [0.717, 1.165) is 6.42 Å². The van der Waals surface area contributed by atoms with Gasteiger partial charge in [-0.1, -0.05) is 36.9 Å². The Kier molecular flexibility index (Phi) is 9.21. The van der Waals surface area contributed by atoms with Crippen molar-refractivity contribution in [1.29, 1.82) is 0 Å². The Labute approximate surface area is 201 Å². The van der Waals surface area contributed by atoms with Crippen LogP contribution in [0.25, 0.3) is 0 Å². The second-order valence-corrected chi connectivity index (χ2v) is 8.01. The molecular formula is C24H25FN4O4S. The van der Waals surface area contributed by atoms with Crippen LogP contribution in [0.15, 0.2) is 66.3 Å². The van der Waals surface area contributed by atoms with Crippen LogP contribution in [0.2, 0.25) is 0 Å². The van der Waals surface area contributed by atoms with Crippen molar-refractivity contribution in [2.24, 2.45) is 0 Å². The molecule has 1 N–H and O–H groups in total. The van der Waals surface area contributed by atoms with Gasteiger partial charge in [-0.3, -0.25) is 9.36 Å². The van der Waals surface area contributed by atoms with E-state index >= 15 is 0 Å². The molecule has 0 aliphatic rings. The Hall–Kier alpha value is -3.66. The van der Waals surface area contributed by atoms with Crippen LogP contribution < -0.4 is 10.1 Å². The van der Waals surface area contributed by atoms with E-state index in [-0.39, 0.29) is 24.0 Å². The number of nitrogens with one attached hydrogen (secondary N) is 1. The average molecular weight is 485 g/mol. The number of hydrogen-bond acceptors (Lipinski definition) is 7. The van der Waals surface area contributed by atoms with Crippen molar-refractivity contribution in [3.8, 4) is 5.75 Å². The maximum Gasteiger partial charge on any atom is 0.338 e. The third-order valence-corrected chi connectivity index (χ3v) is 5.44. The van der Waals surface area contributed by atoms with Crippen molar-refractivity contribution in [2.75, 3.05) is 17.7 Å². The fraction of sp³-hybridized carbons (Fsp3) is 0.250. The number of halogens is 1. The third kappa shape index (κ3) is 6.92. The molecule has 3 aromatic rings. The number of nitrogens with zero attached hydrogens (tertiary/aromatic N) is 3. The molecule has 0 bridgehead atoms. The first-order valence-corrected chi connectivity index (χ1v) is 11.6. The number of rotatable bonds is 12. The molecule has 0 fully saturated rings. The van der Waals surface area contributed by atoms with Gasteiger partial charge in [0, 0.05) is 12.2 Å². The van der Waals surface area contributed by atoms with Gasteiger partial charge in [0.25, 0.3) is 0 Å². The third-order valence-electron chi connectivity index (χ3n) is 4.47. The lowest BCUT2D eigenvalue weighted by molar-refractivity contribution is -0.113. The van der Waals surface area contributed by atoms with Gasteiger partial charge in [-0.05, 0) is 42.8 Å². The predicted octanol–water partition coefficient (Wildman–Crippen LogP) is 4.48. The minimum Gasteiger partial charge on any atom is -0.483 e. The van der Waals surface area contributed by atoms with Crippen LogP contribution in [0.4, 0.5) is 10.1 Å². The molecule has 3 rings (SSSR count). The Morgan fingerprint density at radius 2 is 1.94 bits per heavy atom. The molecule has 1 heterocycles. The number of aromatic nitrogens is 3. The van der Waals surface area contributed by atoms with Gasteiger partial charge < -0.3 is 14.8 Å². The smallest absolute Gasteiger partial charge is 0.338 e. The van der Waals surface area contributed by atoms with Crippen LogP contribution in [0.1, 0.15) is 29.5 Å². The molecule has 10 heteroatoms. The number of carbonyl (C=O) groups excluding carboxylic acids is 2. The molecule has 0 atom stereocenters. The largest absolute Gasteiger partial charge is 0.483 e. The summed E-state index contributed by atoms with van der Waals surface area (Å²) in [6.07, 6.45) is 2.42. The number of anilines is 1. The number of ether oxygens (including phenoxy) is 2. The van der Waals surface area contributed by atoms with Gasteiger partial charge >= 0.3 is 5.97 Å². The zero-order valence-electron chi connectivity index (χ0n) is 18.7. The number of esters is 1. The number of hydrogen-bond donors (Lipinski definition) is 1. The lowest BCUT2D eigenvalue weighted by Crippen LogP contribution is -2.15. The van der Waals surface area contributed by atoms with Crippen LogP contribution >= 0.6 is 11.8 Å². The van der Waals surface area contributed by atoms with E-state index < -0.39 is 11.8 Å². The number of para-hydroxylation sites is 1. The van der Waals surface area contributed by atoms with E-state index in [1.165, 1.54) is 23.9 Å². The summed E-state index contributed by atoms with van der Waals surface area (Å²) in [6.45, 7) is 6.44. The molecule has 1 amide bonds. The second kappa shape index (κ2) is 12.5. The maximum absolute atomic E-state index is 13.8. The molecule has 0 unspecified atom stereocenters. The molecule has 1 aromatic heterocycles. The van der Waals surface area contributed by atoms with Crippen molar-refractivity contribution in [1.82, 2.24) is 14.8 Å². The number of allylic oxidation sites excluding steroid dienone is 1. The molecule has 0 radical (unpaired) electrons. The monoisotopic (exact) mass is 484 g/mol. The van der Waals surface area contributed by atoms with Gasteiger partial charge in [0.05, 0.1) is 17.9 Å². The van der Waals surface area contributed by atoms with E-state index in [4.69, 9.17) is 9.47 Å². The molecule has 0 aliphatic carbocycles. The Balaban J connectivity index is 1.56. The van der Waals surface area contributed by atoms with E-state index in [0.29, 0.717) is 35.4 Å². The summed E-state index contributed by atoms with van der Waals surface area (Å²) < 4.78 is 26.2.